The van der Waals surface area contributed by atoms with Gasteiger partial charge in [-0.25, -0.2) is 0 Å². The Morgan fingerprint density at radius 2 is 2.00 bits per heavy atom. The van der Waals surface area contributed by atoms with Gasteiger partial charge >= 0.3 is 0 Å². The summed E-state index contributed by atoms with van der Waals surface area (Å²) in [6.45, 7) is 7.27. The molecule has 0 nitrogen and oxygen atoms in total. The lowest BCUT2D eigenvalue weighted by Crippen LogP contribution is -2.19. The van der Waals surface area contributed by atoms with E-state index in [1.165, 1.54) is 17.4 Å². The van der Waals surface area contributed by atoms with E-state index in [4.69, 9.17) is 11.6 Å². The van der Waals surface area contributed by atoms with Gasteiger partial charge in [0.25, 0.3) is 0 Å². The van der Waals surface area contributed by atoms with Crippen LogP contribution < -0.4 is 0 Å². The SMILES string of the molecule is C[Si](C)(C)CCSCc1ccc(Cl)cc1Br. The van der Waals surface area contributed by atoms with Crippen molar-refractivity contribution in [3.8, 4) is 0 Å². The molecule has 0 heterocycles. The minimum atomic E-state index is -0.872. The number of hydrogen-bond acceptors (Lipinski definition) is 1. The smallest absolute Gasteiger partial charge is 0.0450 e. The van der Waals surface area contributed by atoms with E-state index in [0.29, 0.717) is 0 Å². The summed E-state index contributed by atoms with van der Waals surface area (Å²) in [5, 5.41) is 0.794. The van der Waals surface area contributed by atoms with Gasteiger partial charge < -0.3 is 0 Å². The van der Waals surface area contributed by atoms with Gasteiger partial charge in [-0.15, -0.1) is 0 Å². The van der Waals surface area contributed by atoms with E-state index >= 15 is 0 Å². The molecule has 0 aromatic heterocycles. The van der Waals surface area contributed by atoms with Crippen molar-refractivity contribution in [1.82, 2.24) is 0 Å². The summed E-state index contributed by atoms with van der Waals surface area (Å²) >= 11 is 11.5. The lowest BCUT2D eigenvalue weighted by Gasteiger charge is -2.15. The highest BCUT2D eigenvalue weighted by molar-refractivity contribution is 9.10. The number of benzene rings is 1. The molecule has 0 saturated heterocycles. The zero-order valence-corrected chi connectivity index (χ0v) is 14.2. The second kappa shape index (κ2) is 6.48. The van der Waals surface area contributed by atoms with Gasteiger partial charge in [0.15, 0.2) is 0 Å². The van der Waals surface area contributed by atoms with Crippen LogP contribution in [0.4, 0.5) is 0 Å². The highest BCUT2D eigenvalue weighted by Gasteiger charge is 2.12. The first-order valence-electron chi connectivity index (χ1n) is 5.40. The van der Waals surface area contributed by atoms with Gasteiger partial charge in [-0.1, -0.05) is 53.2 Å². The zero-order valence-electron chi connectivity index (χ0n) is 10.0. The van der Waals surface area contributed by atoms with Crippen molar-refractivity contribution in [2.45, 2.75) is 31.4 Å². The molecule has 0 aliphatic rings. The van der Waals surface area contributed by atoms with Crippen LogP contribution in [0.15, 0.2) is 22.7 Å². The van der Waals surface area contributed by atoms with Gasteiger partial charge in [-0.05, 0) is 29.5 Å². The van der Waals surface area contributed by atoms with E-state index in [-0.39, 0.29) is 0 Å². The van der Waals surface area contributed by atoms with Gasteiger partial charge in [0, 0.05) is 23.3 Å². The topological polar surface area (TPSA) is 0 Å². The third-order valence-corrected chi connectivity index (χ3v) is 6.36. The van der Waals surface area contributed by atoms with Crippen LogP contribution in [0.25, 0.3) is 0 Å². The van der Waals surface area contributed by atoms with Crippen LogP contribution in [0, 0.1) is 0 Å². The Bertz CT molecular complexity index is 349. The molecule has 1 aromatic rings. The molecule has 90 valence electrons. The van der Waals surface area contributed by atoms with Crippen LogP contribution in [-0.2, 0) is 5.75 Å². The lowest BCUT2D eigenvalue weighted by molar-refractivity contribution is 1.33. The molecule has 0 aliphatic heterocycles. The van der Waals surface area contributed by atoms with Gasteiger partial charge in [-0.2, -0.15) is 11.8 Å². The largest absolute Gasteiger partial charge is 0.157 e. The first-order chi connectivity index (χ1) is 7.38. The van der Waals surface area contributed by atoms with Crippen LogP contribution in [0.2, 0.25) is 30.7 Å². The van der Waals surface area contributed by atoms with Gasteiger partial charge in [0.2, 0.25) is 0 Å². The molecule has 1 rings (SSSR count). The van der Waals surface area contributed by atoms with E-state index in [2.05, 4.69) is 41.6 Å². The van der Waals surface area contributed by atoms with E-state index in [1.807, 2.05) is 23.9 Å². The maximum atomic E-state index is 5.91. The van der Waals surface area contributed by atoms with E-state index in [1.54, 1.807) is 0 Å². The molecule has 0 atom stereocenters. The molecule has 0 amide bonds. The van der Waals surface area contributed by atoms with Gasteiger partial charge in [0.05, 0.1) is 0 Å². The van der Waals surface area contributed by atoms with Crippen LogP contribution in [0.5, 0.6) is 0 Å². The summed E-state index contributed by atoms with van der Waals surface area (Å²) in [5.41, 5.74) is 1.34. The standard InChI is InChI=1S/C12H18BrClSSi/c1-16(2,3)7-6-15-9-10-4-5-11(14)8-12(10)13/h4-5,8H,6-7,9H2,1-3H3. The Labute approximate surface area is 117 Å². The summed E-state index contributed by atoms with van der Waals surface area (Å²) in [7, 11) is -0.872. The minimum Gasteiger partial charge on any atom is -0.157 e. The van der Waals surface area contributed by atoms with Crippen LogP contribution in [0.3, 0.4) is 0 Å². The van der Waals surface area contributed by atoms with Crippen molar-refractivity contribution >= 4 is 47.4 Å². The van der Waals surface area contributed by atoms with E-state index in [0.717, 1.165) is 15.2 Å². The fourth-order valence-corrected chi connectivity index (χ4v) is 5.85. The molecule has 0 fully saturated rings. The molecule has 0 aliphatic carbocycles. The molecule has 0 spiro atoms. The first kappa shape index (κ1) is 14.6. The molecule has 0 bridgehead atoms. The molecule has 0 saturated carbocycles. The molecular weight excluding hydrogens is 320 g/mol. The molecule has 0 N–H and O–H groups in total. The molecule has 1 aromatic carbocycles. The van der Waals surface area contributed by atoms with Crippen LogP contribution >= 0.6 is 39.3 Å². The molecule has 0 unspecified atom stereocenters. The van der Waals surface area contributed by atoms with Crippen molar-refractivity contribution in [3.05, 3.63) is 33.3 Å². The second-order valence-electron chi connectivity index (χ2n) is 5.10. The normalized spacial score (nSPS) is 11.8. The third kappa shape index (κ3) is 5.76. The number of rotatable bonds is 5. The maximum Gasteiger partial charge on any atom is 0.0450 e. The Morgan fingerprint density at radius 1 is 1.31 bits per heavy atom. The number of thioether (sulfide) groups is 1. The van der Waals surface area contributed by atoms with Crippen LogP contribution in [-0.4, -0.2) is 13.8 Å². The second-order valence-corrected chi connectivity index (χ2v) is 13.1. The minimum absolute atomic E-state index is 0.794. The first-order valence-corrected chi connectivity index (χ1v) is 11.4. The maximum absolute atomic E-state index is 5.91. The monoisotopic (exact) mass is 336 g/mol. The fraction of sp³-hybridized carbons (Fsp3) is 0.500. The van der Waals surface area contributed by atoms with Crippen LogP contribution in [0.1, 0.15) is 5.56 Å². The molecule has 16 heavy (non-hydrogen) atoms. The van der Waals surface area contributed by atoms with Crippen molar-refractivity contribution in [2.75, 3.05) is 5.75 Å². The Morgan fingerprint density at radius 3 is 2.56 bits per heavy atom. The molecular formula is C12H18BrClSSi. The summed E-state index contributed by atoms with van der Waals surface area (Å²) < 4.78 is 1.13. The quantitative estimate of drug-likeness (QED) is 0.492. The lowest BCUT2D eigenvalue weighted by atomic mass is 10.2. The summed E-state index contributed by atoms with van der Waals surface area (Å²) in [5.74, 6) is 2.34. The van der Waals surface area contributed by atoms with E-state index in [9.17, 15) is 0 Å². The Balaban J connectivity index is 2.38. The number of halogens is 2. The molecule has 4 heteroatoms. The number of hydrogen-bond donors (Lipinski definition) is 0. The third-order valence-electron chi connectivity index (χ3n) is 2.27. The van der Waals surface area contributed by atoms with Crippen molar-refractivity contribution in [3.63, 3.8) is 0 Å². The Kier molecular flexibility index (Phi) is 5.92. The summed E-state index contributed by atoms with van der Waals surface area (Å²) in [6.07, 6.45) is 0. The Hall–Kier alpha value is 0.557. The predicted octanol–water partition coefficient (Wildman–Crippen LogP) is 5.67. The van der Waals surface area contributed by atoms with Crippen molar-refractivity contribution < 1.29 is 0 Å². The highest BCUT2D eigenvalue weighted by Crippen LogP contribution is 2.26. The van der Waals surface area contributed by atoms with Gasteiger partial charge in [0.1, 0.15) is 0 Å². The van der Waals surface area contributed by atoms with Gasteiger partial charge in [-0.3, -0.25) is 0 Å². The zero-order chi connectivity index (χ0) is 12.2. The highest BCUT2D eigenvalue weighted by atomic mass is 79.9. The molecule has 0 radical (unpaired) electrons. The van der Waals surface area contributed by atoms with Crippen molar-refractivity contribution in [1.29, 1.82) is 0 Å². The fourth-order valence-electron chi connectivity index (χ4n) is 1.20. The summed E-state index contributed by atoms with van der Waals surface area (Å²) in [6, 6.07) is 7.42. The van der Waals surface area contributed by atoms with E-state index < -0.39 is 8.07 Å². The van der Waals surface area contributed by atoms with Crippen molar-refractivity contribution in [2.24, 2.45) is 0 Å². The average molecular weight is 338 g/mol. The summed E-state index contributed by atoms with van der Waals surface area (Å²) in [4.78, 5) is 0. The predicted molar refractivity (Wildman–Crippen MR) is 83.5 cm³/mol. The average Bonchev–Trinajstić information content (AvgIpc) is 2.13.